The summed E-state index contributed by atoms with van der Waals surface area (Å²) in [6.07, 6.45) is 0.856. The van der Waals surface area contributed by atoms with Gasteiger partial charge in [-0.15, -0.1) is 0 Å². The van der Waals surface area contributed by atoms with Crippen LogP contribution < -0.4 is 5.32 Å². The first kappa shape index (κ1) is 15.7. The molecule has 1 aliphatic rings. The van der Waals surface area contributed by atoms with Crippen LogP contribution in [0.3, 0.4) is 0 Å². The zero-order chi connectivity index (χ0) is 14.5. The number of benzene rings is 1. The van der Waals surface area contributed by atoms with Gasteiger partial charge < -0.3 is 5.32 Å². The number of halogens is 2. The number of nitrogens with one attached hydrogen (secondary N) is 1. The van der Waals surface area contributed by atoms with Gasteiger partial charge in [-0.05, 0) is 38.1 Å². The maximum absolute atomic E-state index is 13.3. The van der Waals surface area contributed by atoms with Gasteiger partial charge in [0.05, 0.1) is 0 Å². The fourth-order valence-electron chi connectivity index (χ4n) is 2.64. The maximum Gasteiger partial charge on any atom is 0.126 e. The summed E-state index contributed by atoms with van der Waals surface area (Å²) >= 11 is 1.99. The molecular formula is C15H22F2N2S. The summed E-state index contributed by atoms with van der Waals surface area (Å²) < 4.78 is 26.6. The molecule has 2 unspecified atom stereocenters. The smallest absolute Gasteiger partial charge is 0.126 e. The predicted molar refractivity (Wildman–Crippen MR) is 81.1 cm³/mol. The minimum atomic E-state index is -0.511. The Morgan fingerprint density at radius 3 is 2.65 bits per heavy atom. The Morgan fingerprint density at radius 2 is 2.05 bits per heavy atom. The maximum atomic E-state index is 13.3. The molecule has 0 amide bonds. The van der Waals surface area contributed by atoms with E-state index in [2.05, 4.69) is 17.1 Å². The van der Waals surface area contributed by atoms with Crippen LogP contribution in [0.1, 0.15) is 24.9 Å². The second kappa shape index (κ2) is 7.38. The van der Waals surface area contributed by atoms with Crippen molar-refractivity contribution in [2.75, 3.05) is 31.6 Å². The van der Waals surface area contributed by atoms with Crippen LogP contribution in [-0.4, -0.2) is 42.6 Å². The molecule has 112 valence electrons. The largest absolute Gasteiger partial charge is 0.313 e. The van der Waals surface area contributed by atoms with Gasteiger partial charge in [0.15, 0.2) is 0 Å². The summed E-state index contributed by atoms with van der Waals surface area (Å²) in [6.45, 7) is 4.29. The summed E-state index contributed by atoms with van der Waals surface area (Å²) in [6, 6.07) is 4.32. The van der Waals surface area contributed by atoms with Gasteiger partial charge >= 0.3 is 0 Å². The molecule has 0 aromatic heterocycles. The van der Waals surface area contributed by atoms with Gasteiger partial charge in [0.2, 0.25) is 0 Å². The quantitative estimate of drug-likeness (QED) is 0.900. The molecule has 2 atom stereocenters. The monoisotopic (exact) mass is 300 g/mol. The second-order valence-corrected chi connectivity index (χ2v) is 6.44. The molecule has 1 aliphatic heterocycles. The Balaban J connectivity index is 1.97. The predicted octanol–water partition coefficient (Wildman–Crippen LogP) is 3.05. The SMILES string of the molecule is CNC(CCN1CCSCC1C)c1cc(F)cc(F)c1. The molecular weight excluding hydrogens is 278 g/mol. The van der Waals surface area contributed by atoms with Gasteiger partial charge in [-0.3, -0.25) is 4.90 Å². The minimum Gasteiger partial charge on any atom is -0.313 e. The Morgan fingerprint density at radius 1 is 1.35 bits per heavy atom. The lowest BCUT2D eigenvalue weighted by Crippen LogP contribution is -2.41. The molecule has 1 aromatic rings. The molecule has 1 heterocycles. The fourth-order valence-corrected chi connectivity index (χ4v) is 3.72. The third-order valence-electron chi connectivity index (χ3n) is 3.85. The van der Waals surface area contributed by atoms with E-state index in [0.717, 1.165) is 25.6 Å². The van der Waals surface area contributed by atoms with E-state index in [1.165, 1.54) is 23.6 Å². The highest BCUT2D eigenvalue weighted by atomic mass is 32.2. The number of hydrogen-bond acceptors (Lipinski definition) is 3. The Bertz CT molecular complexity index is 422. The lowest BCUT2D eigenvalue weighted by molar-refractivity contribution is 0.220. The Kier molecular flexibility index (Phi) is 5.81. The van der Waals surface area contributed by atoms with Crippen molar-refractivity contribution in [3.63, 3.8) is 0 Å². The molecule has 2 nitrogen and oxygen atoms in total. The zero-order valence-corrected chi connectivity index (χ0v) is 12.9. The fraction of sp³-hybridized carbons (Fsp3) is 0.600. The van der Waals surface area contributed by atoms with Crippen molar-refractivity contribution < 1.29 is 8.78 Å². The van der Waals surface area contributed by atoms with Crippen molar-refractivity contribution in [1.82, 2.24) is 10.2 Å². The standard InChI is InChI=1S/C15H22F2N2S/c1-11-10-20-6-5-19(11)4-3-15(18-2)12-7-13(16)9-14(17)8-12/h7-9,11,15,18H,3-6,10H2,1-2H3. The molecule has 0 aliphatic carbocycles. The minimum absolute atomic E-state index is 0.0121. The molecule has 0 radical (unpaired) electrons. The molecule has 1 aromatic carbocycles. The lowest BCUT2D eigenvalue weighted by Gasteiger charge is -2.34. The highest BCUT2D eigenvalue weighted by molar-refractivity contribution is 7.99. The Labute approximate surface area is 123 Å². The van der Waals surface area contributed by atoms with Crippen molar-refractivity contribution >= 4 is 11.8 Å². The molecule has 1 N–H and O–H groups in total. The number of hydrogen-bond donors (Lipinski definition) is 1. The van der Waals surface area contributed by atoms with Crippen LogP contribution in [-0.2, 0) is 0 Å². The number of nitrogens with zero attached hydrogens (tertiary/aromatic N) is 1. The molecule has 1 fully saturated rings. The first-order valence-corrected chi connectivity index (χ1v) is 8.20. The average molecular weight is 300 g/mol. The Hall–Kier alpha value is -0.650. The third kappa shape index (κ3) is 4.17. The van der Waals surface area contributed by atoms with Crippen LogP contribution in [0.25, 0.3) is 0 Å². The van der Waals surface area contributed by atoms with Gasteiger partial charge in [0.25, 0.3) is 0 Å². The van der Waals surface area contributed by atoms with Crippen molar-refractivity contribution in [2.45, 2.75) is 25.4 Å². The van der Waals surface area contributed by atoms with Gasteiger partial charge in [0.1, 0.15) is 11.6 Å². The van der Waals surface area contributed by atoms with E-state index in [4.69, 9.17) is 0 Å². The number of thioether (sulfide) groups is 1. The first-order chi connectivity index (χ1) is 9.60. The molecule has 0 bridgehead atoms. The van der Waals surface area contributed by atoms with Crippen LogP contribution in [0.5, 0.6) is 0 Å². The van der Waals surface area contributed by atoms with Crippen molar-refractivity contribution in [3.05, 3.63) is 35.4 Å². The van der Waals surface area contributed by atoms with E-state index in [-0.39, 0.29) is 6.04 Å². The molecule has 20 heavy (non-hydrogen) atoms. The summed E-state index contributed by atoms with van der Waals surface area (Å²) in [4.78, 5) is 2.45. The van der Waals surface area contributed by atoms with Crippen LogP contribution >= 0.6 is 11.8 Å². The van der Waals surface area contributed by atoms with Gasteiger partial charge in [-0.1, -0.05) is 0 Å². The zero-order valence-electron chi connectivity index (χ0n) is 12.0. The van der Waals surface area contributed by atoms with Crippen LogP contribution in [0.15, 0.2) is 18.2 Å². The molecule has 2 rings (SSSR count). The van der Waals surface area contributed by atoms with E-state index >= 15 is 0 Å². The van der Waals surface area contributed by atoms with E-state index in [1.807, 2.05) is 18.8 Å². The topological polar surface area (TPSA) is 15.3 Å². The van der Waals surface area contributed by atoms with Gasteiger partial charge in [0, 0.05) is 42.7 Å². The van der Waals surface area contributed by atoms with Crippen LogP contribution in [0.4, 0.5) is 8.78 Å². The summed E-state index contributed by atoms with van der Waals surface area (Å²) in [7, 11) is 1.84. The average Bonchev–Trinajstić information content (AvgIpc) is 2.40. The van der Waals surface area contributed by atoms with E-state index < -0.39 is 11.6 Å². The van der Waals surface area contributed by atoms with Crippen molar-refractivity contribution in [3.8, 4) is 0 Å². The summed E-state index contributed by atoms with van der Waals surface area (Å²) in [5, 5.41) is 3.16. The molecule has 1 saturated heterocycles. The first-order valence-electron chi connectivity index (χ1n) is 7.05. The van der Waals surface area contributed by atoms with Gasteiger partial charge in [-0.25, -0.2) is 8.78 Å². The van der Waals surface area contributed by atoms with E-state index in [1.54, 1.807) is 0 Å². The van der Waals surface area contributed by atoms with E-state index in [0.29, 0.717) is 11.6 Å². The summed E-state index contributed by atoms with van der Waals surface area (Å²) in [5.74, 6) is 1.31. The van der Waals surface area contributed by atoms with Crippen molar-refractivity contribution in [2.24, 2.45) is 0 Å². The second-order valence-electron chi connectivity index (χ2n) is 5.29. The molecule has 0 saturated carbocycles. The van der Waals surface area contributed by atoms with Crippen LogP contribution in [0, 0.1) is 11.6 Å². The molecule has 0 spiro atoms. The van der Waals surface area contributed by atoms with Crippen molar-refractivity contribution in [1.29, 1.82) is 0 Å². The highest BCUT2D eigenvalue weighted by Crippen LogP contribution is 2.22. The normalized spacial score (nSPS) is 21.9. The number of rotatable bonds is 5. The van der Waals surface area contributed by atoms with Crippen LogP contribution in [0.2, 0.25) is 0 Å². The van der Waals surface area contributed by atoms with E-state index in [9.17, 15) is 8.78 Å². The lowest BCUT2D eigenvalue weighted by atomic mass is 10.0. The molecule has 5 heteroatoms. The third-order valence-corrected chi connectivity index (χ3v) is 5.04. The highest BCUT2D eigenvalue weighted by Gasteiger charge is 2.20. The summed E-state index contributed by atoms with van der Waals surface area (Å²) in [5.41, 5.74) is 0.684. The van der Waals surface area contributed by atoms with Gasteiger partial charge in [-0.2, -0.15) is 11.8 Å².